The minimum Gasteiger partial charge on any atom is -0.504 e. The number of carbonyl (C=O) groups is 2. The number of fused-ring (bicyclic) bond motifs is 2. The molecule has 0 aromatic heterocycles. The minimum absolute atomic E-state index is 0.0177. The molecule has 2 aliphatic heterocycles. The maximum atomic E-state index is 12.8. The van der Waals surface area contributed by atoms with E-state index in [1.165, 1.54) is 30.5 Å². The van der Waals surface area contributed by atoms with Crippen LogP contribution in [0.15, 0.2) is 12.1 Å². The number of unbranched alkanes of at least 4 members (excludes halogenated alkanes) is 1. The van der Waals surface area contributed by atoms with Crippen molar-refractivity contribution in [3.8, 4) is 11.5 Å². The van der Waals surface area contributed by atoms with Gasteiger partial charge in [-0.2, -0.15) is 0 Å². The fourth-order valence-corrected chi connectivity index (χ4v) is 9.70. The number of rotatable bonds is 10. The van der Waals surface area contributed by atoms with Crippen LogP contribution in [0.1, 0.15) is 75.3 Å². The molecular formula is C30H41N3O5. The van der Waals surface area contributed by atoms with E-state index >= 15 is 0 Å². The normalized spacial score (nSPS) is 38.0. The van der Waals surface area contributed by atoms with E-state index in [0.29, 0.717) is 44.0 Å². The number of carbonyl (C=O) groups excluding carboxylic acids is 2. The van der Waals surface area contributed by atoms with Crippen LogP contribution in [-0.2, 0) is 26.2 Å². The monoisotopic (exact) mass is 523 g/mol. The molecule has 6 atom stereocenters. The summed E-state index contributed by atoms with van der Waals surface area (Å²) in [5, 5.41) is 14.2. The summed E-state index contributed by atoms with van der Waals surface area (Å²) in [5.74, 6) is 1.60. The van der Waals surface area contributed by atoms with E-state index in [0.717, 1.165) is 44.6 Å². The molecule has 2 heterocycles. The Kier molecular flexibility index (Phi) is 5.58. The van der Waals surface area contributed by atoms with Gasteiger partial charge >= 0.3 is 0 Å². The molecule has 38 heavy (non-hydrogen) atoms. The summed E-state index contributed by atoms with van der Waals surface area (Å²) in [4.78, 5) is 26.6. The Morgan fingerprint density at radius 2 is 2.03 bits per heavy atom. The SMILES string of the molecule is COC12CC[C@@]3(C[C@@H]1CNC(=O)CCCCC(N)=O)[C@H]1Cc4ccc(O)c5c4[C@@]3(CCN1CC1CC1)[C@H]2O5. The number of primary amides is 1. The number of aromatic hydroxyl groups is 1. The zero-order valence-corrected chi connectivity index (χ0v) is 22.5. The maximum absolute atomic E-state index is 12.8. The first-order valence-corrected chi connectivity index (χ1v) is 14.7. The van der Waals surface area contributed by atoms with Crippen LogP contribution in [0.3, 0.4) is 0 Å². The second kappa shape index (κ2) is 8.59. The van der Waals surface area contributed by atoms with Gasteiger partial charge in [-0.3, -0.25) is 14.5 Å². The first-order valence-electron chi connectivity index (χ1n) is 14.7. The number of benzene rings is 1. The second-order valence-electron chi connectivity index (χ2n) is 13.0. The predicted octanol–water partition coefficient (Wildman–Crippen LogP) is 2.78. The quantitative estimate of drug-likeness (QED) is 0.407. The highest BCUT2D eigenvalue weighted by Gasteiger charge is 2.80. The molecule has 2 amide bonds. The van der Waals surface area contributed by atoms with Gasteiger partial charge in [0.2, 0.25) is 11.8 Å². The molecular weight excluding hydrogens is 482 g/mol. The summed E-state index contributed by atoms with van der Waals surface area (Å²) in [7, 11) is 1.81. The first kappa shape index (κ1) is 24.7. The van der Waals surface area contributed by atoms with Crippen LogP contribution in [0.5, 0.6) is 11.5 Å². The summed E-state index contributed by atoms with van der Waals surface area (Å²) in [6, 6.07) is 4.41. The largest absolute Gasteiger partial charge is 0.504 e. The van der Waals surface area contributed by atoms with Gasteiger partial charge in [0, 0.05) is 61.4 Å². The van der Waals surface area contributed by atoms with Crippen LogP contribution in [-0.4, -0.2) is 66.3 Å². The van der Waals surface area contributed by atoms with Gasteiger partial charge < -0.3 is 25.6 Å². The number of ether oxygens (including phenoxy) is 2. The lowest BCUT2D eigenvalue weighted by Crippen LogP contribution is -2.81. The van der Waals surface area contributed by atoms with Gasteiger partial charge in [0.05, 0.1) is 0 Å². The van der Waals surface area contributed by atoms with E-state index < -0.39 is 5.60 Å². The molecule has 1 aromatic rings. The number of amides is 2. The summed E-state index contributed by atoms with van der Waals surface area (Å²) in [6.07, 6.45) is 9.60. The highest BCUT2D eigenvalue weighted by molar-refractivity contribution is 5.76. The standard InChI is InChI=1S/C30H41N3O5/c1-37-30-11-10-28(15-20(30)16-32-24(36)5-3-2-4-23(31)35)22-14-19-8-9-21(34)26-25(19)29(28,27(30)38-26)12-13-33(22)17-18-6-7-18/h8-9,18,20,22,27,34H,2-7,10-17H2,1H3,(H2,31,35)(H,32,36)/t20-,22-,27-,28-,29+,30?/m1/s1. The van der Waals surface area contributed by atoms with Crippen molar-refractivity contribution in [3.63, 3.8) is 0 Å². The average molecular weight is 524 g/mol. The third-order valence-corrected chi connectivity index (χ3v) is 11.4. The van der Waals surface area contributed by atoms with Gasteiger partial charge in [0.25, 0.3) is 0 Å². The van der Waals surface area contributed by atoms with Gasteiger partial charge in [0.15, 0.2) is 11.5 Å². The summed E-state index contributed by atoms with van der Waals surface area (Å²) >= 11 is 0. The zero-order valence-electron chi connectivity index (χ0n) is 22.5. The average Bonchev–Trinajstić information content (AvgIpc) is 3.65. The van der Waals surface area contributed by atoms with Crippen LogP contribution in [0.2, 0.25) is 0 Å². The number of phenolic OH excluding ortho intramolecular Hbond substituents is 1. The third kappa shape index (κ3) is 3.22. The Morgan fingerprint density at radius 1 is 1.21 bits per heavy atom. The van der Waals surface area contributed by atoms with E-state index in [2.05, 4.69) is 16.3 Å². The lowest BCUT2D eigenvalue weighted by atomic mass is 9.35. The molecule has 8 heteroatoms. The van der Waals surface area contributed by atoms with Crippen molar-refractivity contribution >= 4 is 11.8 Å². The molecule has 0 radical (unpaired) electrons. The van der Waals surface area contributed by atoms with Crippen LogP contribution < -0.4 is 15.8 Å². The topological polar surface area (TPSA) is 114 Å². The summed E-state index contributed by atoms with van der Waals surface area (Å²) < 4.78 is 13.3. The number of methoxy groups -OCH3 is 1. The van der Waals surface area contributed by atoms with Crippen molar-refractivity contribution < 1.29 is 24.2 Å². The Labute approximate surface area is 224 Å². The smallest absolute Gasteiger partial charge is 0.220 e. The lowest BCUT2D eigenvalue weighted by molar-refractivity contribution is -0.276. The molecule has 4 N–H and O–H groups in total. The fraction of sp³-hybridized carbons (Fsp3) is 0.733. The lowest BCUT2D eigenvalue weighted by Gasteiger charge is -2.74. The number of nitrogens with two attached hydrogens (primary N) is 1. The number of nitrogens with one attached hydrogen (secondary N) is 1. The van der Waals surface area contributed by atoms with Crippen LogP contribution >= 0.6 is 0 Å². The van der Waals surface area contributed by atoms with Gasteiger partial charge in [-0.05, 0) is 81.9 Å². The predicted molar refractivity (Wildman–Crippen MR) is 141 cm³/mol. The van der Waals surface area contributed by atoms with Crippen molar-refractivity contribution in [1.29, 1.82) is 0 Å². The molecule has 5 aliphatic carbocycles. The van der Waals surface area contributed by atoms with Gasteiger partial charge in [-0.15, -0.1) is 0 Å². The molecule has 1 saturated heterocycles. The molecule has 8 rings (SSSR count). The van der Waals surface area contributed by atoms with Crippen molar-refractivity contribution in [2.45, 2.75) is 93.8 Å². The molecule has 1 unspecified atom stereocenters. The zero-order chi connectivity index (χ0) is 26.3. The summed E-state index contributed by atoms with van der Waals surface area (Å²) in [5.41, 5.74) is 7.24. The van der Waals surface area contributed by atoms with Crippen LogP contribution in [0, 0.1) is 17.3 Å². The number of nitrogens with zero attached hydrogens (tertiary/aromatic N) is 1. The molecule has 206 valence electrons. The van der Waals surface area contributed by atoms with Crippen molar-refractivity contribution in [2.75, 3.05) is 26.7 Å². The van der Waals surface area contributed by atoms with Gasteiger partial charge in [0.1, 0.15) is 11.7 Å². The fourth-order valence-electron chi connectivity index (χ4n) is 9.70. The Morgan fingerprint density at radius 3 is 2.79 bits per heavy atom. The number of hydrogen-bond acceptors (Lipinski definition) is 6. The number of phenols is 1. The first-order chi connectivity index (χ1) is 18.3. The van der Waals surface area contributed by atoms with Crippen molar-refractivity contribution in [1.82, 2.24) is 10.2 Å². The molecule has 7 aliphatic rings. The third-order valence-electron chi connectivity index (χ3n) is 11.4. The number of piperidine rings is 1. The number of likely N-dealkylation sites (tertiary alicyclic amines) is 1. The van der Waals surface area contributed by atoms with Gasteiger partial charge in [-0.25, -0.2) is 0 Å². The second-order valence-corrected chi connectivity index (χ2v) is 13.0. The van der Waals surface area contributed by atoms with E-state index in [4.69, 9.17) is 15.2 Å². The molecule has 4 bridgehead atoms. The molecule has 5 fully saturated rings. The van der Waals surface area contributed by atoms with E-state index in [-0.39, 0.29) is 40.4 Å². The molecule has 2 spiro atoms. The number of hydrogen-bond donors (Lipinski definition) is 3. The highest BCUT2D eigenvalue weighted by Crippen LogP contribution is 2.76. The van der Waals surface area contributed by atoms with E-state index in [9.17, 15) is 14.7 Å². The van der Waals surface area contributed by atoms with E-state index in [1.54, 1.807) is 0 Å². The Hall–Kier alpha value is -2.32. The van der Waals surface area contributed by atoms with Gasteiger partial charge in [-0.1, -0.05) is 6.07 Å². The maximum Gasteiger partial charge on any atom is 0.220 e. The molecule has 1 aromatic carbocycles. The minimum atomic E-state index is -0.510. The van der Waals surface area contributed by atoms with E-state index in [1.807, 2.05) is 13.2 Å². The molecule has 4 saturated carbocycles. The molecule has 8 nitrogen and oxygen atoms in total. The van der Waals surface area contributed by atoms with Crippen molar-refractivity contribution in [2.24, 2.45) is 23.0 Å². The summed E-state index contributed by atoms with van der Waals surface area (Å²) in [6.45, 7) is 2.82. The Bertz CT molecular complexity index is 1170. The van der Waals surface area contributed by atoms with Crippen LogP contribution in [0.4, 0.5) is 0 Å². The van der Waals surface area contributed by atoms with Crippen molar-refractivity contribution in [3.05, 3.63) is 23.3 Å². The Balaban J connectivity index is 1.22. The van der Waals surface area contributed by atoms with Crippen LogP contribution in [0.25, 0.3) is 0 Å². The highest BCUT2D eigenvalue weighted by atomic mass is 16.6.